The molecule has 268 valence electrons. The summed E-state index contributed by atoms with van der Waals surface area (Å²) < 4.78 is 15.8. The van der Waals surface area contributed by atoms with E-state index in [1.807, 2.05) is 13.8 Å². The predicted octanol–water partition coefficient (Wildman–Crippen LogP) is 2.00. The standard InChI is InChI=1S/C26H31N3O13.C4H10.C2H6/c30-14-39-13-15-4-5-18(40-24-12-16(31)11-19(41-24)26(37)38)17(10-15)25(36)28-9-8-27-20(32)2-1-3-23(35)42-29-21(33)6-7-22(29)34;1-4(2)3;1-2/h4-5,10,14,16,19,24,31H,1-3,6-9,11-13H2,(H,27,32)(H,28,36)(H,37,38);4H,1-3H3;1-2H3/t16?,19-,24?;;/m0../s1. The number of aliphatic hydroxyl groups excluding tert-OH is 1. The highest BCUT2D eigenvalue weighted by Gasteiger charge is 2.35. The number of hydrogen-bond donors (Lipinski definition) is 4. The Morgan fingerprint density at radius 2 is 1.65 bits per heavy atom. The van der Waals surface area contributed by atoms with E-state index in [0.717, 1.165) is 5.92 Å². The van der Waals surface area contributed by atoms with Gasteiger partial charge in [0.1, 0.15) is 12.4 Å². The number of carbonyl (C=O) groups is 7. The smallest absolute Gasteiger partial charge is 0.333 e. The van der Waals surface area contributed by atoms with Crippen LogP contribution in [0.1, 0.15) is 95.5 Å². The highest BCUT2D eigenvalue weighted by atomic mass is 16.7. The van der Waals surface area contributed by atoms with Crippen molar-refractivity contribution in [3.63, 3.8) is 0 Å². The number of nitrogens with zero attached hydrogens (tertiary/aromatic N) is 1. The molecule has 0 aromatic heterocycles. The summed E-state index contributed by atoms with van der Waals surface area (Å²) in [4.78, 5) is 86.4. The van der Waals surface area contributed by atoms with E-state index in [4.69, 9.17) is 19.0 Å². The van der Waals surface area contributed by atoms with E-state index in [1.165, 1.54) is 18.2 Å². The maximum Gasteiger partial charge on any atom is 0.333 e. The van der Waals surface area contributed by atoms with Crippen molar-refractivity contribution < 1.29 is 62.8 Å². The molecule has 2 fully saturated rings. The molecular formula is C32H47N3O13. The summed E-state index contributed by atoms with van der Waals surface area (Å²) in [6.45, 7) is 10.7. The van der Waals surface area contributed by atoms with Crippen molar-refractivity contribution in [3.05, 3.63) is 29.3 Å². The van der Waals surface area contributed by atoms with Crippen LogP contribution in [0.3, 0.4) is 0 Å². The van der Waals surface area contributed by atoms with E-state index < -0.39 is 54.1 Å². The van der Waals surface area contributed by atoms with E-state index in [9.17, 15) is 43.8 Å². The second kappa shape index (κ2) is 22.1. The molecule has 3 atom stereocenters. The molecule has 16 nitrogen and oxygen atoms in total. The number of amides is 4. The zero-order valence-corrected chi connectivity index (χ0v) is 28.0. The average Bonchev–Trinajstić information content (AvgIpc) is 3.35. The van der Waals surface area contributed by atoms with Crippen LogP contribution in [0.2, 0.25) is 0 Å². The van der Waals surface area contributed by atoms with Crippen molar-refractivity contribution in [3.8, 4) is 5.75 Å². The first-order valence-corrected chi connectivity index (χ1v) is 15.8. The third kappa shape index (κ3) is 15.3. The summed E-state index contributed by atoms with van der Waals surface area (Å²) in [7, 11) is 0. The van der Waals surface area contributed by atoms with Gasteiger partial charge in [-0.3, -0.25) is 24.0 Å². The largest absolute Gasteiger partial charge is 0.479 e. The van der Waals surface area contributed by atoms with Gasteiger partial charge in [0.25, 0.3) is 24.2 Å². The Bertz CT molecular complexity index is 1230. The molecule has 16 heteroatoms. The van der Waals surface area contributed by atoms with Crippen LogP contribution in [0, 0.1) is 5.92 Å². The van der Waals surface area contributed by atoms with Crippen molar-refractivity contribution in [1.29, 1.82) is 0 Å². The molecule has 3 rings (SSSR count). The normalized spacial score (nSPS) is 18.4. The summed E-state index contributed by atoms with van der Waals surface area (Å²) in [5.74, 6) is -3.45. The summed E-state index contributed by atoms with van der Waals surface area (Å²) in [6, 6.07) is 4.35. The van der Waals surface area contributed by atoms with Crippen molar-refractivity contribution in [2.24, 2.45) is 5.92 Å². The average molecular weight is 682 g/mol. The lowest BCUT2D eigenvalue weighted by Gasteiger charge is -2.31. The van der Waals surface area contributed by atoms with Gasteiger partial charge in [-0.2, -0.15) is 0 Å². The molecule has 2 unspecified atom stereocenters. The van der Waals surface area contributed by atoms with Gasteiger partial charge in [0, 0.05) is 51.6 Å². The van der Waals surface area contributed by atoms with Crippen LogP contribution in [0.15, 0.2) is 18.2 Å². The molecule has 0 spiro atoms. The van der Waals surface area contributed by atoms with Crippen LogP contribution >= 0.6 is 0 Å². The van der Waals surface area contributed by atoms with Crippen LogP contribution < -0.4 is 15.4 Å². The van der Waals surface area contributed by atoms with E-state index in [1.54, 1.807) is 0 Å². The van der Waals surface area contributed by atoms with Crippen LogP contribution in [0.4, 0.5) is 0 Å². The van der Waals surface area contributed by atoms with E-state index in [0.29, 0.717) is 10.6 Å². The molecule has 4 amide bonds. The Balaban J connectivity index is 0.00000178. The number of benzene rings is 1. The Morgan fingerprint density at radius 1 is 1.02 bits per heavy atom. The monoisotopic (exact) mass is 681 g/mol. The van der Waals surface area contributed by atoms with Crippen LogP contribution in [0.25, 0.3) is 0 Å². The van der Waals surface area contributed by atoms with E-state index in [-0.39, 0.29) is 82.4 Å². The van der Waals surface area contributed by atoms with Crippen LogP contribution in [-0.4, -0.2) is 88.9 Å². The van der Waals surface area contributed by atoms with Gasteiger partial charge in [-0.1, -0.05) is 40.7 Å². The van der Waals surface area contributed by atoms with Gasteiger partial charge in [0.15, 0.2) is 6.10 Å². The number of carbonyl (C=O) groups excluding carboxylic acids is 6. The SMILES string of the molecule is CC.CC(C)C.O=COCc1ccc(OC2CC(O)C[C@@H](C(=O)O)O2)c(C(=O)NCCNC(=O)CCCC(=O)ON2C(=O)CCC2=O)c1. The molecular weight excluding hydrogens is 634 g/mol. The number of rotatable bonds is 15. The molecule has 0 saturated carbocycles. The van der Waals surface area contributed by atoms with Gasteiger partial charge in [0.05, 0.1) is 11.7 Å². The molecule has 1 aromatic rings. The maximum atomic E-state index is 12.9. The number of nitrogens with one attached hydrogen (secondary N) is 2. The Hall–Kier alpha value is -4.57. The van der Waals surface area contributed by atoms with Gasteiger partial charge in [0.2, 0.25) is 12.2 Å². The quantitative estimate of drug-likeness (QED) is 0.118. The number of aliphatic hydroxyl groups is 1. The third-order valence-corrected chi connectivity index (χ3v) is 6.12. The fourth-order valence-corrected chi connectivity index (χ4v) is 4.07. The lowest BCUT2D eigenvalue weighted by molar-refractivity contribution is -0.197. The van der Waals surface area contributed by atoms with E-state index in [2.05, 4.69) is 31.4 Å². The lowest BCUT2D eigenvalue weighted by atomic mass is 10.0. The van der Waals surface area contributed by atoms with Crippen LogP contribution in [0.5, 0.6) is 5.75 Å². The van der Waals surface area contributed by atoms with Gasteiger partial charge in [-0.25, -0.2) is 9.59 Å². The molecule has 2 aliphatic rings. The summed E-state index contributed by atoms with van der Waals surface area (Å²) in [5, 5.41) is 24.8. The number of aliphatic carboxylic acids is 1. The van der Waals surface area contributed by atoms with E-state index >= 15 is 0 Å². The number of hydrogen-bond acceptors (Lipinski definition) is 12. The molecule has 2 heterocycles. The first-order chi connectivity index (χ1) is 22.8. The maximum absolute atomic E-state index is 12.9. The molecule has 0 aliphatic carbocycles. The third-order valence-electron chi connectivity index (χ3n) is 6.12. The number of imide groups is 1. The second-order valence-corrected chi connectivity index (χ2v) is 11.1. The summed E-state index contributed by atoms with van der Waals surface area (Å²) in [6.07, 6.45) is -3.75. The van der Waals surface area contributed by atoms with Crippen molar-refractivity contribution >= 4 is 42.0 Å². The van der Waals surface area contributed by atoms with Gasteiger partial charge < -0.3 is 39.9 Å². The second-order valence-electron chi connectivity index (χ2n) is 11.1. The molecule has 0 radical (unpaired) electrons. The van der Waals surface area contributed by atoms with Gasteiger partial charge in [-0.05, 0) is 30.0 Å². The Kier molecular flexibility index (Phi) is 19.1. The molecule has 2 aliphatic heterocycles. The number of carboxylic acid groups (broad SMARTS) is 1. The van der Waals surface area contributed by atoms with Crippen molar-refractivity contribution in [2.75, 3.05) is 13.1 Å². The number of ether oxygens (including phenoxy) is 3. The molecule has 2 saturated heterocycles. The summed E-state index contributed by atoms with van der Waals surface area (Å²) in [5.41, 5.74) is 0.468. The predicted molar refractivity (Wildman–Crippen MR) is 168 cm³/mol. The fraction of sp³-hybridized carbons (Fsp3) is 0.594. The molecule has 48 heavy (non-hydrogen) atoms. The summed E-state index contributed by atoms with van der Waals surface area (Å²) >= 11 is 0. The molecule has 4 N–H and O–H groups in total. The minimum absolute atomic E-state index is 0.0000342. The minimum atomic E-state index is -1.29. The van der Waals surface area contributed by atoms with Crippen molar-refractivity contribution in [2.45, 2.75) is 105 Å². The number of hydroxylamine groups is 2. The topological polar surface area (TPSA) is 224 Å². The lowest BCUT2D eigenvalue weighted by Crippen LogP contribution is -2.42. The highest BCUT2D eigenvalue weighted by Crippen LogP contribution is 2.27. The first kappa shape index (κ1) is 41.5. The minimum Gasteiger partial charge on any atom is -0.479 e. The molecule has 0 bridgehead atoms. The Labute approximate surface area is 279 Å². The highest BCUT2D eigenvalue weighted by molar-refractivity contribution is 6.01. The van der Waals surface area contributed by atoms with Crippen molar-refractivity contribution in [1.82, 2.24) is 15.7 Å². The molecule has 1 aromatic carbocycles. The zero-order chi connectivity index (χ0) is 36.2. The van der Waals surface area contributed by atoms with Gasteiger partial charge in [-0.15, -0.1) is 5.06 Å². The number of carboxylic acids is 1. The van der Waals surface area contributed by atoms with Gasteiger partial charge >= 0.3 is 11.9 Å². The van der Waals surface area contributed by atoms with Crippen LogP contribution in [-0.2, 0) is 49.7 Å². The fourth-order valence-electron chi connectivity index (χ4n) is 4.07. The zero-order valence-electron chi connectivity index (χ0n) is 28.0. The first-order valence-electron chi connectivity index (χ1n) is 15.8. The Morgan fingerprint density at radius 3 is 2.25 bits per heavy atom.